The molecule has 0 atom stereocenters. The number of hydrogen-bond donors (Lipinski definition) is 2. The minimum Gasteiger partial charge on any atom is -0.507 e. The van der Waals surface area contributed by atoms with Crippen LogP contribution < -0.4 is 0 Å². The lowest BCUT2D eigenvalue weighted by Crippen LogP contribution is -1.98. The first-order valence-electron chi connectivity index (χ1n) is 3.46. The fourth-order valence-corrected chi connectivity index (χ4v) is 0.881. The number of nitrogens with zero attached hydrogens (tertiary/aromatic N) is 1. The Hall–Kier alpha value is -1.60. The molecule has 0 amide bonds. The summed E-state index contributed by atoms with van der Waals surface area (Å²) in [5, 5.41) is 12.1. The van der Waals surface area contributed by atoms with Crippen molar-refractivity contribution in [3.63, 3.8) is 0 Å². The van der Waals surface area contributed by atoms with Gasteiger partial charge in [0.1, 0.15) is 5.75 Å². The number of benzene rings is 1. The van der Waals surface area contributed by atoms with Crippen LogP contribution in [-0.4, -0.2) is 24.3 Å². The first kappa shape index (κ1) is 10.5. The lowest BCUT2D eigenvalue weighted by Gasteiger charge is -1.95. The molecule has 0 saturated heterocycles. The Morgan fingerprint density at radius 2 is 2.00 bits per heavy atom. The van der Waals surface area contributed by atoms with Crippen molar-refractivity contribution < 1.29 is 22.4 Å². The number of phenols is 1. The third kappa shape index (κ3) is 3.42. The molecule has 0 fully saturated rings. The Morgan fingerprint density at radius 1 is 1.36 bits per heavy atom. The second kappa shape index (κ2) is 4.07. The van der Waals surface area contributed by atoms with E-state index in [2.05, 4.69) is 9.44 Å². The molecule has 7 heteroatoms. The van der Waals surface area contributed by atoms with Crippen LogP contribution in [0.4, 0.5) is 0 Å². The van der Waals surface area contributed by atoms with Gasteiger partial charge in [-0.1, -0.05) is 17.3 Å². The average molecular weight is 217 g/mol. The summed E-state index contributed by atoms with van der Waals surface area (Å²) >= 11 is 0. The van der Waals surface area contributed by atoms with Crippen molar-refractivity contribution in [1.29, 1.82) is 0 Å². The maximum atomic E-state index is 10.1. The van der Waals surface area contributed by atoms with E-state index in [-0.39, 0.29) is 11.3 Å². The van der Waals surface area contributed by atoms with Crippen LogP contribution in [0.1, 0.15) is 5.56 Å². The molecule has 0 aliphatic rings. The second-order valence-corrected chi connectivity index (χ2v) is 3.30. The van der Waals surface area contributed by atoms with E-state index in [0.29, 0.717) is 0 Å². The van der Waals surface area contributed by atoms with E-state index < -0.39 is 10.4 Å². The quantitative estimate of drug-likeness (QED) is 0.437. The molecule has 0 aliphatic carbocycles. The van der Waals surface area contributed by atoms with E-state index >= 15 is 0 Å². The molecule has 0 bridgehead atoms. The van der Waals surface area contributed by atoms with Crippen molar-refractivity contribution in [3.8, 4) is 5.75 Å². The molecule has 0 aromatic heterocycles. The fraction of sp³-hybridized carbons (Fsp3) is 0. The van der Waals surface area contributed by atoms with Gasteiger partial charge in [-0.3, -0.25) is 4.55 Å². The van der Waals surface area contributed by atoms with Gasteiger partial charge in [-0.25, -0.2) is 4.28 Å². The van der Waals surface area contributed by atoms with Crippen LogP contribution >= 0.6 is 0 Å². The van der Waals surface area contributed by atoms with Crippen LogP contribution in [0.3, 0.4) is 0 Å². The van der Waals surface area contributed by atoms with Crippen LogP contribution in [0.5, 0.6) is 5.75 Å². The van der Waals surface area contributed by atoms with Crippen LogP contribution in [-0.2, 0) is 14.7 Å². The van der Waals surface area contributed by atoms with Crippen molar-refractivity contribution in [3.05, 3.63) is 29.8 Å². The highest BCUT2D eigenvalue weighted by molar-refractivity contribution is 7.80. The third-order valence-corrected chi connectivity index (χ3v) is 1.54. The number of para-hydroxylation sites is 1. The maximum absolute atomic E-state index is 10.1. The topological polar surface area (TPSA) is 96.2 Å². The van der Waals surface area contributed by atoms with Gasteiger partial charge in [0.05, 0.1) is 6.21 Å². The highest BCUT2D eigenvalue weighted by atomic mass is 32.3. The number of rotatable bonds is 3. The first-order valence-corrected chi connectivity index (χ1v) is 4.83. The minimum absolute atomic E-state index is 0.0739. The number of oxime groups is 1. The average Bonchev–Trinajstić information content (AvgIpc) is 2.06. The molecule has 0 saturated carbocycles. The van der Waals surface area contributed by atoms with Gasteiger partial charge in [0.2, 0.25) is 0 Å². The Labute approximate surface area is 80.4 Å². The highest BCUT2D eigenvalue weighted by Gasteiger charge is 2.01. The monoisotopic (exact) mass is 217 g/mol. The predicted octanol–water partition coefficient (Wildman–Crippen LogP) is 0.546. The molecule has 2 N–H and O–H groups in total. The molecular weight excluding hydrogens is 210 g/mol. The van der Waals surface area contributed by atoms with Crippen LogP contribution in [0.2, 0.25) is 0 Å². The summed E-state index contributed by atoms with van der Waals surface area (Å²) < 4.78 is 31.9. The van der Waals surface area contributed by atoms with Gasteiger partial charge in [0.25, 0.3) is 0 Å². The van der Waals surface area contributed by atoms with E-state index in [1.165, 1.54) is 12.1 Å². The van der Waals surface area contributed by atoms with Gasteiger partial charge in [0, 0.05) is 5.56 Å². The van der Waals surface area contributed by atoms with Gasteiger partial charge in [-0.05, 0) is 12.1 Å². The van der Waals surface area contributed by atoms with Crippen LogP contribution in [0.25, 0.3) is 0 Å². The smallest absolute Gasteiger partial charge is 0.466 e. The molecule has 0 unspecified atom stereocenters. The predicted molar refractivity (Wildman–Crippen MR) is 48.3 cm³/mol. The summed E-state index contributed by atoms with van der Waals surface area (Å²) in [5.41, 5.74) is 0.274. The van der Waals surface area contributed by atoms with Gasteiger partial charge in [-0.2, -0.15) is 8.42 Å². The largest absolute Gasteiger partial charge is 0.507 e. The highest BCUT2D eigenvalue weighted by Crippen LogP contribution is 2.12. The maximum Gasteiger partial charge on any atom is 0.466 e. The van der Waals surface area contributed by atoms with E-state index in [1.54, 1.807) is 12.1 Å². The zero-order chi connectivity index (χ0) is 10.6. The van der Waals surface area contributed by atoms with Crippen molar-refractivity contribution in [2.24, 2.45) is 5.16 Å². The number of hydrogen-bond acceptors (Lipinski definition) is 5. The summed E-state index contributed by atoms with van der Waals surface area (Å²) in [7, 11) is -4.59. The van der Waals surface area contributed by atoms with Crippen molar-refractivity contribution >= 4 is 16.6 Å². The van der Waals surface area contributed by atoms with Gasteiger partial charge in [-0.15, -0.1) is 0 Å². The summed E-state index contributed by atoms with van der Waals surface area (Å²) in [5.74, 6) is -0.0739. The van der Waals surface area contributed by atoms with E-state index in [9.17, 15) is 13.5 Å². The Balaban J connectivity index is 2.75. The minimum atomic E-state index is -4.59. The zero-order valence-corrected chi connectivity index (χ0v) is 7.68. The van der Waals surface area contributed by atoms with Crippen molar-refractivity contribution in [1.82, 2.24) is 0 Å². The first-order chi connectivity index (χ1) is 6.49. The molecular formula is C7H7NO5S. The lowest BCUT2D eigenvalue weighted by molar-refractivity contribution is 0.284. The summed E-state index contributed by atoms with van der Waals surface area (Å²) in [6, 6.07) is 6.10. The van der Waals surface area contributed by atoms with E-state index in [1.807, 2.05) is 0 Å². The summed E-state index contributed by atoms with van der Waals surface area (Å²) in [6.07, 6.45) is 0.961. The molecule has 14 heavy (non-hydrogen) atoms. The van der Waals surface area contributed by atoms with Gasteiger partial charge >= 0.3 is 10.4 Å². The Kier molecular flexibility index (Phi) is 3.05. The van der Waals surface area contributed by atoms with E-state index in [0.717, 1.165) is 6.21 Å². The zero-order valence-electron chi connectivity index (χ0n) is 6.86. The molecule has 0 heterocycles. The van der Waals surface area contributed by atoms with Gasteiger partial charge in [0.15, 0.2) is 0 Å². The lowest BCUT2D eigenvalue weighted by atomic mass is 10.2. The van der Waals surface area contributed by atoms with E-state index in [4.69, 9.17) is 4.55 Å². The summed E-state index contributed by atoms with van der Waals surface area (Å²) in [6.45, 7) is 0. The molecule has 1 rings (SSSR count). The molecule has 76 valence electrons. The molecule has 6 nitrogen and oxygen atoms in total. The number of phenolic OH excluding ortho intramolecular Hbond substituents is 1. The summed E-state index contributed by atoms with van der Waals surface area (Å²) in [4.78, 5) is 0. The second-order valence-electron chi connectivity index (χ2n) is 2.30. The SMILES string of the molecule is O=S(=O)(O)O/N=C/c1ccccc1O. The third-order valence-electron chi connectivity index (χ3n) is 1.27. The van der Waals surface area contributed by atoms with Crippen molar-refractivity contribution in [2.75, 3.05) is 0 Å². The van der Waals surface area contributed by atoms with Crippen LogP contribution in [0.15, 0.2) is 29.4 Å². The normalized spacial score (nSPS) is 11.8. The molecule has 1 aromatic rings. The molecule has 0 radical (unpaired) electrons. The standard InChI is InChI=1S/C7H7NO5S/c9-7-4-2-1-3-6(7)5-8-13-14(10,11)12/h1-5,9H,(H,10,11,12)/b8-5+. The molecule has 0 aliphatic heterocycles. The van der Waals surface area contributed by atoms with Crippen LogP contribution in [0, 0.1) is 0 Å². The fourth-order valence-electron chi connectivity index (χ4n) is 0.729. The molecule has 0 spiro atoms. The Bertz CT molecular complexity index is 439. The Morgan fingerprint density at radius 3 is 2.57 bits per heavy atom. The molecule has 1 aromatic carbocycles. The number of aromatic hydroxyl groups is 1. The van der Waals surface area contributed by atoms with Gasteiger partial charge < -0.3 is 5.11 Å². The van der Waals surface area contributed by atoms with Crippen molar-refractivity contribution in [2.45, 2.75) is 0 Å².